The first-order chi connectivity index (χ1) is 8.06. The SMILES string of the molecule is CC(=CC1CCc2ccc(O)cc2C1)C(=O)O. The van der Waals surface area contributed by atoms with Crippen molar-refractivity contribution in [3.63, 3.8) is 0 Å². The molecule has 0 aromatic heterocycles. The van der Waals surface area contributed by atoms with Crippen molar-refractivity contribution < 1.29 is 15.0 Å². The highest BCUT2D eigenvalue weighted by Crippen LogP contribution is 2.29. The number of carbonyl (C=O) groups is 1. The lowest BCUT2D eigenvalue weighted by atomic mass is 9.83. The molecular weight excluding hydrogens is 216 g/mol. The number of aryl methyl sites for hydroxylation is 1. The smallest absolute Gasteiger partial charge is 0.330 e. The molecule has 2 rings (SSSR count). The number of hydrogen-bond donors (Lipinski definition) is 2. The molecule has 1 aromatic rings. The van der Waals surface area contributed by atoms with Crippen LogP contribution in [-0.4, -0.2) is 16.2 Å². The molecule has 0 bridgehead atoms. The molecule has 0 fully saturated rings. The van der Waals surface area contributed by atoms with Crippen LogP contribution in [0.1, 0.15) is 24.5 Å². The van der Waals surface area contributed by atoms with E-state index in [4.69, 9.17) is 5.11 Å². The first kappa shape index (κ1) is 11.7. The van der Waals surface area contributed by atoms with Gasteiger partial charge in [-0.15, -0.1) is 0 Å². The second-order valence-corrected chi connectivity index (χ2v) is 4.61. The fraction of sp³-hybridized carbons (Fsp3) is 0.357. The number of phenols is 1. The van der Waals surface area contributed by atoms with E-state index in [2.05, 4.69) is 0 Å². The zero-order valence-corrected chi connectivity index (χ0v) is 9.81. The molecule has 90 valence electrons. The number of rotatable bonds is 2. The highest BCUT2D eigenvalue weighted by atomic mass is 16.4. The number of allylic oxidation sites excluding steroid dienone is 1. The van der Waals surface area contributed by atoms with Gasteiger partial charge in [0.05, 0.1) is 0 Å². The third-order valence-corrected chi connectivity index (χ3v) is 3.28. The molecule has 2 N–H and O–H groups in total. The second-order valence-electron chi connectivity index (χ2n) is 4.61. The molecule has 1 unspecified atom stereocenters. The Bertz CT molecular complexity index is 474. The number of aromatic hydroxyl groups is 1. The maximum Gasteiger partial charge on any atom is 0.330 e. The summed E-state index contributed by atoms with van der Waals surface area (Å²) >= 11 is 0. The molecule has 0 amide bonds. The van der Waals surface area contributed by atoms with Gasteiger partial charge in [0.25, 0.3) is 0 Å². The van der Waals surface area contributed by atoms with Gasteiger partial charge >= 0.3 is 5.97 Å². The summed E-state index contributed by atoms with van der Waals surface area (Å²) < 4.78 is 0. The largest absolute Gasteiger partial charge is 0.508 e. The van der Waals surface area contributed by atoms with E-state index in [1.54, 1.807) is 19.1 Å². The molecule has 17 heavy (non-hydrogen) atoms. The van der Waals surface area contributed by atoms with Gasteiger partial charge in [0, 0.05) is 5.57 Å². The van der Waals surface area contributed by atoms with E-state index in [1.165, 1.54) is 5.56 Å². The van der Waals surface area contributed by atoms with Crippen LogP contribution in [0.2, 0.25) is 0 Å². The summed E-state index contributed by atoms with van der Waals surface area (Å²) in [5, 5.41) is 18.3. The fourth-order valence-corrected chi connectivity index (χ4v) is 2.34. The van der Waals surface area contributed by atoms with Crippen LogP contribution < -0.4 is 0 Å². The molecule has 3 heteroatoms. The molecule has 0 saturated carbocycles. The second kappa shape index (κ2) is 4.62. The average molecular weight is 232 g/mol. The maximum atomic E-state index is 10.8. The Morgan fingerprint density at radius 1 is 1.41 bits per heavy atom. The summed E-state index contributed by atoms with van der Waals surface area (Å²) in [7, 11) is 0. The number of aliphatic carboxylic acids is 1. The van der Waals surface area contributed by atoms with Gasteiger partial charge in [-0.25, -0.2) is 4.79 Å². The molecular formula is C14H16O3. The number of carboxylic acid groups (broad SMARTS) is 1. The number of hydrogen-bond acceptors (Lipinski definition) is 2. The first-order valence-electron chi connectivity index (χ1n) is 5.78. The van der Waals surface area contributed by atoms with Crippen molar-refractivity contribution in [2.45, 2.75) is 26.2 Å². The molecule has 1 aromatic carbocycles. The zero-order chi connectivity index (χ0) is 12.4. The number of carboxylic acids is 1. The van der Waals surface area contributed by atoms with E-state index >= 15 is 0 Å². The van der Waals surface area contributed by atoms with Crippen molar-refractivity contribution in [3.05, 3.63) is 41.0 Å². The predicted molar refractivity (Wildman–Crippen MR) is 65.0 cm³/mol. The van der Waals surface area contributed by atoms with E-state index in [9.17, 15) is 9.90 Å². The normalized spacial score (nSPS) is 19.8. The Kier molecular flexibility index (Phi) is 3.18. The van der Waals surface area contributed by atoms with Gasteiger partial charge in [-0.05, 0) is 55.4 Å². The van der Waals surface area contributed by atoms with Crippen molar-refractivity contribution in [2.75, 3.05) is 0 Å². The van der Waals surface area contributed by atoms with Crippen LogP contribution in [0.15, 0.2) is 29.8 Å². The van der Waals surface area contributed by atoms with Crippen molar-refractivity contribution >= 4 is 5.97 Å². The molecule has 0 saturated heterocycles. The van der Waals surface area contributed by atoms with Gasteiger partial charge in [-0.2, -0.15) is 0 Å². The van der Waals surface area contributed by atoms with Gasteiger partial charge in [0.2, 0.25) is 0 Å². The van der Waals surface area contributed by atoms with Crippen LogP contribution in [0.3, 0.4) is 0 Å². The van der Waals surface area contributed by atoms with Gasteiger partial charge in [-0.3, -0.25) is 0 Å². The van der Waals surface area contributed by atoms with E-state index in [0.717, 1.165) is 24.8 Å². The van der Waals surface area contributed by atoms with Gasteiger partial charge in [0.15, 0.2) is 0 Å². The minimum atomic E-state index is -0.855. The van der Waals surface area contributed by atoms with Crippen LogP contribution in [0.4, 0.5) is 0 Å². The van der Waals surface area contributed by atoms with Crippen molar-refractivity contribution in [1.29, 1.82) is 0 Å². The third kappa shape index (κ3) is 2.67. The van der Waals surface area contributed by atoms with E-state index in [0.29, 0.717) is 5.57 Å². The monoisotopic (exact) mass is 232 g/mol. The zero-order valence-electron chi connectivity index (χ0n) is 9.81. The molecule has 0 radical (unpaired) electrons. The van der Waals surface area contributed by atoms with Gasteiger partial charge < -0.3 is 10.2 Å². The van der Waals surface area contributed by atoms with Crippen molar-refractivity contribution in [3.8, 4) is 5.75 Å². The summed E-state index contributed by atoms with van der Waals surface area (Å²) in [6.45, 7) is 1.63. The number of phenolic OH excluding ortho intramolecular Hbond substituents is 1. The Morgan fingerprint density at radius 2 is 2.18 bits per heavy atom. The van der Waals surface area contributed by atoms with Crippen LogP contribution in [-0.2, 0) is 17.6 Å². The summed E-state index contributed by atoms with van der Waals surface area (Å²) in [6, 6.07) is 5.44. The minimum absolute atomic E-state index is 0.264. The average Bonchev–Trinajstić information content (AvgIpc) is 2.28. The Balaban J connectivity index is 2.18. The molecule has 1 aliphatic rings. The lowest BCUT2D eigenvalue weighted by molar-refractivity contribution is -0.132. The molecule has 1 atom stereocenters. The standard InChI is InChI=1S/C14H16O3/c1-9(14(16)17)6-10-2-3-11-4-5-13(15)8-12(11)7-10/h4-6,8,10,15H,2-3,7H2,1H3,(H,16,17). The molecule has 0 spiro atoms. The van der Waals surface area contributed by atoms with Crippen LogP contribution in [0, 0.1) is 5.92 Å². The molecule has 3 nitrogen and oxygen atoms in total. The Hall–Kier alpha value is -1.77. The maximum absolute atomic E-state index is 10.8. The predicted octanol–water partition coefficient (Wildman–Crippen LogP) is 2.53. The molecule has 0 heterocycles. The summed E-state index contributed by atoms with van der Waals surface area (Å²) in [5.74, 6) is -0.310. The van der Waals surface area contributed by atoms with Gasteiger partial charge in [0.1, 0.15) is 5.75 Å². The van der Waals surface area contributed by atoms with E-state index in [-0.39, 0.29) is 11.7 Å². The highest BCUT2D eigenvalue weighted by molar-refractivity contribution is 5.85. The first-order valence-corrected chi connectivity index (χ1v) is 5.78. The van der Waals surface area contributed by atoms with Crippen LogP contribution >= 0.6 is 0 Å². The minimum Gasteiger partial charge on any atom is -0.508 e. The summed E-state index contributed by atoms with van der Waals surface area (Å²) in [5.41, 5.74) is 2.80. The van der Waals surface area contributed by atoms with Crippen molar-refractivity contribution in [1.82, 2.24) is 0 Å². The molecule has 0 aliphatic heterocycles. The summed E-state index contributed by atoms with van der Waals surface area (Å²) in [6.07, 6.45) is 4.57. The quantitative estimate of drug-likeness (QED) is 0.770. The molecule has 1 aliphatic carbocycles. The van der Waals surface area contributed by atoms with Crippen LogP contribution in [0.25, 0.3) is 0 Å². The third-order valence-electron chi connectivity index (χ3n) is 3.28. The van der Waals surface area contributed by atoms with E-state index < -0.39 is 5.97 Å². The topological polar surface area (TPSA) is 57.5 Å². The number of benzene rings is 1. The van der Waals surface area contributed by atoms with Crippen LogP contribution in [0.5, 0.6) is 5.75 Å². The Labute approximate surface area is 100 Å². The van der Waals surface area contributed by atoms with Crippen molar-refractivity contribution in [2.24, 2.45) is 5.92 Å². The lowest BCUT2D eigenvalue weighted by Gasteiger charge is -2.22. The fourth-order valence-electron chi connectivity index (χ4n) is 2.34. The highest BCUT2D eigenvalue weighted by Gasteiger charge is 2.18. The summed E-state index contributed by atoms with van der Waals surface area (Å²) in [4.78, 5) is 10.8. The number of fused-ring (bicyclic) bond motifs is 1. The van der Waals surface area contributed by atoms with E-state index in [1.807, 2.05) is 12.1 Å². The Morgan fingerprint density at radius 3 is 2.88 bits per heavy atom. The lowest BCUT2D eigenvalue weighted by Crippen LogP contribution is -2.13. The van der Waals surface area contributed by atoms with Gasteiger partial charge in [-0.1, -0.05) is 12.1 Å².